The highest BCUT2D eigenvalue weighted by atomic mass is 16.7. The van der Waals surface area contributed by atoms with Gasteiger partial charge >= 0.3 is 5.79 Å². The summed E-state index contributed by atoms with van der Waals surface area (Å²) in [6.45, 7) is 2.20. The molecule has 2 aromatic rings. The molecule has 0 aromatic heterocycles. The van der Waals surface area contributed by atoms with Gasteiger partial charge in [0.25, 0.3) is 0 Å². The van der Waals surface area contributed by atoms with Crippen LogP contribution in [-0.2, 0) is 11.3 Å². The van der Waals surface area contributed by atoms with E-state index in [9.17, 15) is 0 Å². The Morgan fingerprint density at radius 3 is 2.61 bits per heavy atom. The number of nitrogens with zero attached hydrogens (tertiary/aromatic N) is 1. The van der Waals surface area contributed by atoms with E-state index in [1.807, 2.05) is 54.6 Å². The Morgan fingerprint density at radius 1 is 1.04 bits per heavy atom. The Labute approximate surface area is 134 Å². The lowest BCUT2D eigenvalue weighted by atomic mass is 10.2. The Hall–Kier alpha value is -2.53. The van der Waals surface area contributed by atoms with Crippen molar-refractivity contribution in [3.63, 3.8) is 0 Å². The summed E-state index contributed by atoms with van der Waals surface area (Å²) < 4.78 is 18.2. The molecule has 2 aliphatic rings. The van der Waals surface area contributed by atoms with Crippen molar-refractivity contribution < 1.29 is 14.2 Å². The molecule has 0 fully saturated rings. The minimum Gasteiger partial charge on any atom is -0.482 e. The standard InChI is InChI=1S/C18H18N2O3/c1-2-6-14(7-3-1)12-22-18(17-19-10-11-20-17)13-21-15-8-4-5-9-16(15)23-18/h1-9H,10-13H2,(H,19,20). The van der Waals surface area contributed by atoms with Crippen LogP contribution in [0.15, 0.2) is 59.6 Å². The lowest BCUT2D eigenvalue weighted by Crippen LogP contribution is -2.57. The first-order valence-electron chi connectivity index (χ1n) is 7.73. The van der Waals surface area contributed by atoms with Crippen LogP contribution in [0.4, 0.5) is 0 Å². The van der Waals surface area contributed by atoms with Gasteiger partial charge in [0.2, 0.25) is 0 Å². The minimum atomic E-state index is -1.03. The number of fused-ring (bicyclic) bond motifs is 1. The van der Waals surface area contributed by atoms with Crippen LogP contribution < -0.4 is 14.8 Å². The Morgan fingerprint density at radius 2 is 1.83 bits per heavy atom. The van der Waals surface area contributed by atoms with E-state index in [-0.39, 0.29) is 6.61 Å². The van der Waals surface area contributed by atoms with E-state index >= 15 is 0 Å². The van der Waals surface area contributed by atoms with Crippen LogP contribution in [0.2, 0.25) is 0 Å². The highest BCUT2D eigenvalue weighted by Crippen LogP contribution is 2.36. The average Bonchev–Trinajstić information content (AvgIpc) is 3.16. The molecule has 118 valence electrons. The van der Waals surface area contributed by atoms with Crippen LogP contribution in [0.5, 0.6) is 11.5 Å². The van der Waals surface area contributed by atoms with E-state index in [0.717, 1.165) is 24.4 Å². The number of hydrogen-bond acceptors (Lipinski definition) is 5. The third-order valence-corrected chi connectivity index (χ3v) is 3.89. The summed E-state index contributed by atoms with van der Waals surface area (Å²) in [6, 6.07) is 17.6. The van der Waals surface area contributed by atoms with Gasteiger partial charge in [-0.1, -0.05) is 42.5 Å². The Bertz CT molecular complexity index is 717. The van der Waals surface area contributed by atoms with Gasteiger partial charge in [0.1, 0.15) is 0 Å². The quantitative estimate of drug-likeness (QED) is 0.942. The third kappa shape index (κ3) is 2.75. The van der Waals surface area contributed by atoms with Crippen LogP contribution in [-0.4, -0.2) is 31.3 Å². The van der Waals surface area contributed by atoms with E-state index in [1.54, 1.807) is 0 Å². The molecule has 0 spiro atoms. The van der Waals surface area contributed by atoms with E-state index in [0.29, 0.717) is 18.2 Å². The highest BCUT2D eigenvalue weighted by molar-refractivity contribution is 5.91. The third-order valence-electron chi connectivity index (χ3n) is 3.89. The molecule has 0 aliphatic carbocycles. The number of amidine groups is 1. The van der Waals surface area contributed by atoms with Gasteiger partial charge in [0.15, 0.2) is 23.9 Å². The van der Waals surface area contributed by atoms with Crippen molar-refractivity contribution >= 4 is 5.84 Å². The van der Waals surface area contributed by atoms with Crippen molar-refractivity contribution in [1.82, 2.24) is 5.32 Å². The molecule has 2 heterocycles. The van der Waals surface area contributed by atoms with Crippen molar-refractivity contribution in [2.24, 2.45) is 4.99 Å². The molecule has 0 radical (unpaired) electrons. The summed E-state index contributed by atoms with van der Waals surface area (Å²) in [5.74, 6) is 1.07. The second kappa shape index (κ2) is 5.93. The number of nitrogens with one attached hydrogen (secondary N) is 1. The van der Waals surface area contributed by atoms with Gasteiger partial charge in [-0.3, -0.25) is 4.99 Å². The maximum absolute atomic E-state index is 6.18. The molecule has 0 saturated heterocycles. The number of hydrogen-bond donors (Lipinski definition) is 1. The van der Waals surface area contributed by atoms with Crippen molar-refractivity contribution in [1.29, 1.82) is 0 Å². The Balaban J connectivity index is 1.61. The molecule has 5 heteroatoms. The largest absolute Gasteiger partial charge is 0.482 e. The molecule has 1 unspecified atom stereocenters. The first-order chi connectivity index (χ1) is 11.4. The lowest BCUT2D eigenvalue weighted by Gasteiger charge is -2.37. The predicted octanol–water partition coefficient (Wildman–Crippen LogP) is 2.37. The van der Waals surface area contributed by atoms with E-state index in [1.165, 1.54) is 0 Å². The minimum absolute atomic E-state index is 0.267. The molecule has 0 bridgehead atoms. The zero-order chi connectivity index (χ0) is 15.5. The summed E-state index contributed by atoms with van der Waals surface area (Å²) in [5.41, 5.74) is 1.08. The van der Waals surface area contributed by atoms with Crippen LogP contribution in [0.25, 0.3) is 0 Å². The second-order valence-electron chi connectivity index (χ2n) is 5.52. The first-order valence-corrected chi connectivity index (χ1v) is 7.73. The number of ether oxygens (including phenoxy) is 3. The zero-order valence-electron chi connectivity index (χ0n) is 12.7. The predicted molar refractivity (Wildman–Crippen MR) is 86.8 cm³/mol. The number of rotatable bonds is 4. The van der Waals surface area contributed by atoms with Gasteiger partial charge < -0.3 is 19.5 Å². The molecule has 2 aliphatic heterocycles. The molecule has 4 rings (SSSR count). The topological polar surface area (TPSA) is 52.1 Å². The highest BCUT2D eigenvalue weighted by Gasteiger charge is 2.45. The van der Waals surface area contributed by atoms with E-state index < -0.39 is 5.79 Å². The molecule has 23 heavy (non-hydrogen) atoms. The number of para-hydroxylation sites is 2. The summed E-state index contributed by atoms with van der Waals surface area (Å²) >= 11 is 0. The van der Waals surface area contributed by atoms with Crippen LogP contribution in [0, 0.1) is 0 Å². The monoisotopic (exact) mass is 310 g/mol. The van der Waals surface area contributed by atoms with Crippen molar-refractivity contribution in [2.45, 2.75) is 12.4 Å². The van der Waals surface area contributed by atoms with Crippen LogP contribution >= 0.6 is 0 Å². The average molecular weight is 310 g/mol. The summed E-state index contributed by atoms with van der Waals surface area (Å²) in [5, 5.41) is 3.25. The normalized spacial score (nSPS) is 22.3. The maximum atomic E-state index is 6.18. The van der Waals surface area contributed by atoms with E-state index in [4.69, 9.17) is 14.2 Å². The number of aliphatic imine (C=N–C) groups is 1. The Kier molecular flexibility index (Phi) is 3.63. The molecule has 0 saturated carbocycles. The summed E-state index contributed by atoms with van der Waals surface area (Å²) in [4.78, 5) is 4.49. The lowest BCUT2D eigenvalue weighted by molar-refractivity contribution is -0.172. The first kappa shape index (κ1) is 14.1. The SMILES string of the molecule is c1ccc(COC2(C3=NCCN3)COc3ccccc3O2)cc1. The van der Waals surface area contributed by atoms with Gasteiger partial charge in [-0.05, 0) is 17.7 Å². The molecular formula is C18H18N2O3. The van der Waals surface area contributed by atoms with E-state index in [2.05, 4.69) is 10.3 Å². The van der Waals surface area contributed by atoms with Crippen LogP contribution in [0.1, 0.15) is 5.56 Å². The van der Waals surface area contributed by atoms with Gasteiger partial charge in [-0.15, -0.1) is 0 Å². The molecular weight excluding hydrogens is 292 g/mol. The van der Waals surface area contributed by atoms with Crippen LogP contribution in [0.3, 0.4) is 0 Å². The van der Waals surface area contributed by atoms with Crippen molar-refractivity contribution in [3.8, 4) is 11.5 Å². The van der Waals surface area contributed by atoms with Gasteiger partial charge in [0, 0.05) is 6.54 Å². The molecule has 2 aromatic carbocycles. The number of benzene rings is 2. The van der Waals surface area contributed by atoms with Crippen molar-refractivity contribution in [3.05, 3.63) is 60.2 Å². The molecule has 5 nitrogen and oxygen atoms in total. The maximum Gasteiger partial charge on any atom is 0.304 e. The fourth-order valence-electron chi connectivity index (χ4n) is 2.72. The van der Waals surface area contributed by atoms with Crippen molar-refractivity contribution in [2.75, 3.05) is 19.7 Å². The second-order valence-corrected chi connectivity index (χ2v) is 5.52. The van der Waals surface area contributed by atoms with Gasteiger partial charge in [0.05, 0.1) is 13.2 Å². The molecule has 1 N–H and O–H groups in total. The zero-order valence-corrected chi connectivity index (χ0v) is 12.7. The molecule has 0 amide bonds. The molecule has 1 atom stereocenters. The fraction of sp³-hybridized carbons (Fsp3) is 0.278. The van der Waals surface area contributed by atoms with Gasteiger partial charge in [-0.25, -0.2) is 0 Å². The smallest absolute Gasteiger partial charge is 0.304 e. The summed E-state index contributed by atoms with van der Waals surface area (Å²) in [7, 11) is 0. The fourth-order valence-corrected chi connectivity index (χ4v) is 2.72. The summed E-state index contributed by atoms with van der Waals surface area (Å²) in [6.07, 6.45) is 0. The van der Waals surface area contributed by atoms with Gasteiger partial charge in [-0.2, -0.15) is 0 Å².